The second-order valence-corrected chi connectivity index (χ2v) is 2.90. The topological polar surface area (TPSA) is 44.5 Å². The van der Waals surface area contributed by atoms with Gasteiger partial charge in [-0.15, -0.1) is 0 Å². The quantitative estimate of drug-likeness (QED) is 0.746. The van der Waals surface area contributed by atoms with Crippen molar-refractivity contribution in [2.75, 3.05) is 26.9 Å². The average molecular weight is 205 g/mol. The number of methoxy groups -OCH3 is 1. The SMILES string of the molecule is COCC#Cc1cccc(OCCN)c1. The van der Waals surface area contributed by atoms with E-state index >= 15 is 0 Å². The van der Waals surface area contributed by atoms with E-state index < -0.39 is 0 Å². The fourth-order valence-corrected chi connectivity index (χ4v) is 1.05. The first-order valence-corrected chi connectivity index (χ1v) is 4.77. The van der Waals surface area contributed by atoms with E-state index in [9.17, 15) is 0 Å². The van der Waals surface area contributed by atoms with Gasteiger partial charge in [0.25, 0.3) is 0 Å². The van der Waals surface area contributed by atoms with Gasteiger partial charge in [-0.2, -0.15) is 0 Å². The third-order valence-corrected chi connectivity index (χ3v) is 1.67. The molecule has 0 aliphatic heterocycles. The Bertz CT molecular complexity index is 352. The summed E-state index contributed by atoms with van der Waals surface area (Å²) in [6.07, 6.45) is 0. The highest BCUT2D eigenvalue weighted by Crippen LogP contribution is 2.11. The summed E-state index contributed by atoms with van der Waals surface area (Å²) in [6.45, 7) is 1.47. The van der Waals surface area contributed by atoms with E-state index in [0.717, 1.165) is 11.3 Å². The molecule has 0 unspecified atom stereocenters. The third-order valence-electron chi connectivity index (χ3n) is 1.67. The second-order valence-electron chi connectivity index (χ2n) is 2.90. The largest absolute Gasteiger partial charge is 0.492 e. The smallest absolute Gasteiger partial charge is 0.120 e. The Kier molecular flexibility index (Phi) is 5.31. The zero-order valence-corrected chi connectivity index (χ0v) is 8.82. The molecule has 1 rings (SSSR count). The Morgan fingerprint density at radius 1 is 1.40 bits per heavy atom. The Hall–Kier alpha value is -1.50. The summed E-state index contributed by atoms with van der Waals surface area (Å²) in [5, 5.41) is 0. The van der Waals surface area contributed by atoms with Gasteiger partial charge in [0.1, 0.15) is 19.0 Å². The zero-order chi connectivity index (χ0) is 10.9. The summed E-state index contributed by atoms with van der Waals surface area (Å²) in [6, 6.07) is 7.61. The molecule has 0 amide bonds. The molecule has 0 atom stereocenters. The molecule has 80 valence electrons. The molecule has 0 saturated heterocycles. The Labute approximate surface area is 90.2 Å². The lowest BCUT2D eigenvalue weighted by atomic mass is 10.2. The highest BCUT2D eigenvalue weighted by molar-refractivity contribution is 5.39. The number of nitrogens with two attached hydrogens (primary N) is 1. The van der Waals surface area contributed by atoms with Crippen molar-refractivity contribution in [1.29, 1.82) is 0 Å². The van der Waals surface area contributed by atoms with Crippen LogP contribution in [0.3, 0.4) is 0 Å². The monoisotopic (exact) mass is 205 g/mol. The molecular formula is C12H15NO2. The molecule has 0 aliphatic carbocycles. The van der Waals surface area contributed by atoms with Gasteiger partial charge in [-0.05, 0) is 18.2 Å². The second kappa shape index (κ2) is 6.88. The molecule has 1 aromatic rings. The van der Waals surface area contributed by atoms with Crippen molar-refractivity contribution < 1.29 is 9.47 Å². The first-order chi connectivity index (χ1) is 7.36. The molecule has 1 aromatic carbocycles. The van der Waals surface area contributed by atoms with Crippen LogP contribution in [-0.4, -0.2) is 26.9 Å². The molecule has 0 heterocycles. The summed E-state index contributed by atoms with van der Waals surface area (Å²) in [5.74, 6) is 6.65. The minimum absolute atomic E-state index is 0.438. The standard InChI is InChI=1S/C12H15NO2/c1-14-8-3-5-11-4-2-6-12(10-11)15-9-7-13/h2,4,6,10H,7-9,13H2,1H3. The van der Waals surface area contributed by atoms with Crippen molar-refractivity contribution in [3.8, 4) is 17.6 Å². The molecule has 0 fully saturated rings. The minimum atomic E-state index is 0.438. The molecule has 3 nitrogen and oxygen atoms in total. The van der Waals surface area contributed by atoms with Gasteiger partial charge < -0.3 is 15.2 Å². The van der Waals surface area contributed by atoms with E-state index in [2.05, 4.69) is 11.8 Å². The van der Waals surface area contributed by atoms with Crippen LogP contribution >= 0.6 is 0 Å². The first kappa shape index (κ1) is 11.6. The molecule has 0 aliphatic rings. The maximum absolute atomic E-state index is 5.38. The lowest BCUT2D eigenvalue weighted by molar-refractivity contribution is 0.240. The molecule has 15 heavy (non-hydrogen) atoms. The number of benzene rings is 1. The van der Waals surface area contributed by atoms with Gasteiger partial charge in [0.15, 0.2) is 0 Å². The van der Waals surface area contributed by atoms with Gasteiger partial charge in [0, 0.05) is 19.2 Å². The minimum Gasteiger partial charge on any atom is -0.492 e. The highest BCUT2D eigenvalue weighted by atomic mass is 16.5. The fraction of sp³-hybridized carbons (Fsp3) is 0.333. The average Bonchev–Trinajstić information content (AvgIpc) is 2.27. The van der Waals surface area contributed by atoms with Crippen molar-refractivity contribution in [3.05, 3.63) is 29.8 Å². The van der Waals surface area contributed by atoms with E-state index in [1.165, 1.54) is 0 Å². The number of rotatable bonds is 4. The van der Waals surface area contributed by atoms with Gasteiger partial charge in [-0.25, -0.2) is 0 Å². The third kappa shape index (κ3) is 4.50. The molecule has 0 saturated carbocycles. The van der Waals surface area contributed by atoms with Crippen molar-refractivity contribution in [2.45, 2.75) is 0 Å². The molecule has 0 spiro atoms. The predicted molar refractivity (Wildman–Crippen MR) is 59.7 cm³/mol. The molecule has 0 aromatic heterocycles. The lowest BCUT2D eigenvalue weighted by Gasteiger charge is -2.03. The van der Waals surface area contributed by atoms with E-state index in [1.807, 2.05) is 24.3 Å². The van der Waals surface area contributed by atoms with Crippen LogP contribution < -0.4 is 10.5 Å². The number of ether oxygens (including phenoxy) is 2. The van der Waals surface area contributed by atoms with Crippen LogP contribution in [0.15, 0.2) is 24.3 Å². The van der Waals surface area contributed by atoms with Crippen molar-refractivity contribution in [3.63, 3.8) is 0 Å². The van der Waals surface area contributed by atoms with E-state index in [0.29, 0.717) is 19.8 Å². The fourth-order valence-electron chi connectivity index (χ4n) is 1.05. The summed E-state index contributed by atoms with van der Waals surface area (Å²) >= 11 is 0. The van der Waals surface area contributed by atoms with E-state index in [1.54, 1.807) is 7.11 Å². The molecule has 2 N–H and O–H groups in total. The summed E-state index contributed by atoms with van der Waals surface area (Å²) in [7, 11) is 1.62. The van der Waals surface area contributed by atoms with Crippen LogP contribution in [0.4, 0.5) is 0 Å². The molecule has 3 heteroatoms. The summed E-state index contributed by atoms with van der Waals surface area (Å²) < 4.78 is 10.2. The van der Waals surface area contributed by atoms with Crippen molar-refractivity contribution in [2.24, 2.45) is 5.73 Å². The zero-order valence-electron chi connectivity index (χ0n) is 8.82. The maximum Gasteiger partial charge on any atom is 0.120 e. The normalized spacial score (nSPS) is 9.20. The van der Waals surface area contributed by atoms with E-state index in [4.69, 9.17) is 15.2 Å². The summed E-state index contributed by atoms with van der Waals surface area (Å²) in [5.41, 5.74) is 6.26. The van der Waals surface area contributed by atoms with Crippen LogP contribution in [0.1, 0.15) is 5.56 Å². The lowest BCUT2D eigenvalue weighted by Crippen LogP contribution is -2.10. The van der Waals surface area contributed by atoms with Crippen molar-refractivity contribution >= 4 is 0 Å². The predicted octanol–water partition coefficient (Wildman–Crippen LogP) is 1.02. The van der Waals surface area contributed by atoms with Gasteiger partial charge in [0.2, 0.25) is 0 Å². The van der Waals surface area contributed by atoms with Crippen LogP contribution in [0, 0.1) is 11.8 Å². The molecule has 0 bridgehead atoms. The van der Waals surface area contributed by atoms with Crippen LogP contribution in [-0.2, 0) is 4.74 Å². The first-order valence-electron chi connectivity index (χ1n) is 4.77. The Balaban J connectivity index is 2.62. The van der Waals surface area contributed by atoms with Gasteiger partial charge in [-0.1, -0.05) is 17.9 Å². The van der Waals surface area contributed by atoms with Crippen LogP contribution in [0.2, 0.25) is 0 Å². The van der Waals surface area contributed by atoms with Gasteiger partial charge >= 0.3 is 0 Å². The Morgan fingerprint density at radius 3 is 3.00 bits per heavy atom. The number of hydrogen-bond acceptors (Lipinski definition) is 3. The van der Waals surface area contributed by atoms with Crippen LogP contribution in [0.5, 0.6) is 5.75 Å². The van der Waals surface area contributed by atoms with E-state index in [-0.39, 0.29) is 0 Å². The van der Waals surface area contributed by atoms with Crippen molar-refractivity contribution in [1.82, 2.24) is 0 Å². The Morgan fingerprint density at radius 2 is 2.27 bits per heavy atom. The summed E-state index contributed by atoms with van der Waals surface area (Å²) in [4.78, 5) is 0. The van der Waals surface area contributed by atoms with Gasteiger partial charge in [0.05, 0.1) is 0 Å². The molecular weight excluding hydrogens is 190 g/mol. The van der Waals surface area contributed by atoms with Crippen LogP contribution in [0.25, 0.3) is 0 Å². The van der Waals surface area contributed by atoms with Gasteiger partial charge in [-0.3, -0.25) is 0 Å². The number of hydrogen-bond donors (Lipinski definition) is 1. The maximum atomic E-state index is 5.38. The highest BCUT2D eigenvalue weighted by Gasteiger charge is 1.93. The molecule has 0 radical (unpaired) electrons.